The van der Waals surface area contributed by atoms with Gasteiger partial charge in [0.15, 0.2) is 6.10 Å². The minimum atomic E-state index is -0.619. The summed E-state index contributed by atoms with van der Waals surface area (Å²) in [6, 6.07) is 18.8. The zero-order valence-electron chi connectivity index (χ0n) is 10.8. The first-order chi connectivity index (χ1) is 9.25. The Labute approximate surface area is 112 Å². The van der Waals surface area contributed by atoms with Crippen molar-refractivity contribution in [1.82, 2.24) is 0 Å². The quantitative estimate of drug-likeness (QED) is 0.771. The van der Waals surface area contributed by atoms with Gasteiger partial charge in [-0.25, -0.2) is 4.79 Å². The summed E-state index contributed by atoms with van der Waals surface area (Å²) in [5, 5.41) is 0. The number of carbonyl (C=O) groups excluding carboxylic acids is 1. The lowest BCUT2D eigenvalue weighted by molar-refractivity contribution is -0.152. The molecule has 0 saturated heterocycles. The van der Waals surface area contributed by atoms with Gasteiger partial charge in [-0.2, -0.15) is 0 Å². The van der Waals surface area contributed by atoms with E-state index in [1.165, 1.54) is 0 Å². The second kappa shape index (κ2) is 6.59. The van der Waals surface area contributed by atoms with Gasteiger partial charge in [0.1, 0.15) is 12.4 Å². The van der Waals surface area contributed by atoms with E-state index in [0.29, 0.717) is 5.75 Å². The van der Waals surface area contributed by atoms with Crippen LogP contribution < -0.4 is 4.74 Å². The fraction of sp³-hybridized carbons (Fsp3) is 0.188. The maximum Gasteiger partial charge on any atom is 0.347 e. The van der Waals surface area contributed by atoms with E-state index in [2.05, 4.69) is 0 Å². The Hall–Kier alpha value is -2.29. The van der Waals surface area contributed by atoms with Crippen LogP contribution in [0.3, 0.4) is 0 Å². The van der Waals surface area contributed by atoms with Crippen molar-refractivity contribution in [2.24, 2.45) is 0 Å². The molecule has 0 amide bonds. The van der Waals surface area contributed by atoms with Gasteiger partial charge >= 0.3 is 5.97 Å². The van der Waals surface area contributed by atoms with Gasteiger partial charge in [-0.1, -0.05) is 48.5 Å². The van der Waals surface area contributed by atoms with Crippen molar-refractivity contribution in [1.29, 1.82) is 0 Å². The second-order valence-electron chi connectivity index (χ2n) is 4.17. The largest absolute Gasteiger partial charge is 0.479 e. The molecule has 0 bridgehead atoms. The number of benzene rings is 2. The van der Waals surface area contributed by atoms with Crippen LogP contribution in [0.4, 0.5) is 0 Å². The third kappa shape index (κ3) is 4.14. The molecule has 0 radical (unpaired) electrons. The van der Waals surface area contributed by atoms with Crippen LogP contribution in [0.15, 0.2) is 60.7 Å². The monoisotopic (exact) mass is 256 g/mol. The molecule has 0 aliphatic heterocycles. The number of para-hydroxylation sites is 1. The summed E-state index contributed by atoms with van der Waals surface area (Å²) in [4.78, 5) is 11.8. The SMILES string of the molecule is CC(Oc1ccccc1)C(=O)OCc1ccccc1. The molecule has 0 fully saturated rings. The molecule has 0 aliphatic carbocycles. The Morgan fingerprint density at radius 1 is 1.00 bits per heavy atom. The van der Waals surface area contributed by atoms with Crippen LogP contribution in [0.1, 0.15) is 12.5 Å². The summed E-state index contributed by atoms with van der Waals surface area (Å²) in [5.41, 5.74) is 0.961. The van der Waals surface area contributed by atoms with Crippen molar-refractivity contribution in [3.8, 4) is 5.75 Å². The van der Waals surface area contributed by atoms with Crippen molar-refractivity contribution in [2.45, 2.75) is 19.6 Å². The van der Waals surface area contributed by atoms with E-state index in [9.17, 15) is 4.79 Å². The number of hydrogen-bond acceptors (Lipinski definition) is 3. The van der Waals surface area contributed by atoms with E-state index in [1.54, 1.807) is 19.1 Å². The molecule has 3 nitrogen and oxygen atoms in total. The number of hydrogen-bond donors (Lipinski definition) is 0. The van der Waals surface area contributed by atoms with E-state index < -0.39 is 6.10 Å². The summed E-state index contributed by atoms with van der Waals surface area (Å²) in [5.74, 6) is 0.291. The van der Waals surface area contributed by atoms with Crippen LogP contribution in [-0.2, 0) is 16.1 Å². The van der Waals surface area contributed by atoms with Gasteiger partial charge < -0.3 is 9.47 Å². The fourth-order valence-electron chi connectivity index (χ4n) is 1.60. The zero-order chi connectivity index (χ0) is 13.5. The average Bonchev–Trinajstić information content (AvgIpc) is 2.47. The number of ether oxygens (including phenoxy) is 2. The fourth-order valence-corrected chi connectivity index (χ4v) is 1.60. The molecule has 2 rings (SSSR count). The highest BCUT2D eigenvalue weighted by atomic mass is 16.6. The first-order valence-electron chi connectivity index (χ1n) is 6.18. The van der Waals surface area contributed by atoms with Gasteiger partial charge in [0.05, 0.1) is 0 Å². The van der Waals surface area contributed by atoms with Crippen LogP contribution in [0.5, 0.6) is 5.75 Å². The second-order valence-corrected chi connectivity index (χ2v) is 4.17. The summed E-state index contributed by atoms with van der Waals surface area (Å²) in [6.07, 6.45) is -0.619. The Kier molecular flexibility index (Phi) is 4.56. The summed E-state index contributed by atoms with van der Waals surface area (Å²) >= 11 is 0. The molecule has 0 aromatic heterocycles. The van der Waals surface area contributed by atoms with Crippen molar-refractivity contribution >= 4 is 5.97 Å². The molecule has 0 N–H and O–H groups in total. The molecule has 3 heteroatoms. The molecule has 0 spiro atoms. The predicted octanol–water partition coefficient (Wildman–Crippen LogP) is 3.20. The highest BCUT2D eigenvalue weighted by molar-refractivity contribution is 5.74. The van der Waals surface area contributed by atoms with E-state index in [4.69, 9.17) is 9.47 Å². The van der Waals surface area contributed by atoms with E-state index >= 15 is 0 Å². The minimum absolute atomic E-state index is 0.266. The molecule has 2 aromatic carbocycles. The maximum atomic E-state index is 11.8. The smallest absolute Gasteiger partial charge is 0.347 e. The number of carbonyl (C=O) groups is 1. The lowest BCUT2D eigenvalue weighted by Gasteiger charge is -2.13. The van der Waals surface area contributed by atoms with Crippen LogP contribution in [0.2, 0.25) is 0 Å². The molecule has 0 aliphatic rings. The molecule has 0 saturated carbocycles. The van der Waals surface area contributed by atoms with Crippen LogP contribution in [0, 0.1) is 0 Å². The van der Waals surface area contributed by atoms with E-state index in [-0.39, 0.29) is 12.6 Å². The van der Waals surface area contributed by atoms with Gasteiger partial charge in [0, 0.05) is 0 Å². The van der Waals surface area contributed by atoms with E-state index in [0.717, 1.165) is 5.56 Å². The lowest BCUT2D eigenvalue weighted by Crippen LogP contribution is -2.25. The molecule has 1 unspecified atom stereocenters. The summed E-state index contributed by atoms with van der Waals surface area (Å²) < 4.78 is 10.7. The van der Waals surface area contributed by atoms with Crippen LogP contribution >= 0.6 is 0 Å². The molecule has 98 valence electrons. The van der Waals surface area contributed by atoms with Crippen molar-refractivity contribution in [3.05, 3.63) is 66.2 Å². The highest BCUT2D eigenvalue weighted by Crippen LogP contribution is 2.12. The van der Waals surface area contributed by atoms with Crippen LogP contribution in [0.25, 0.3) is 0 Å². The third-order valence-corrected chi connectivity index (χ3v) is 2.61. The Morgan fingerprint density at radius 2 is 1.58 bits per heavy atom. The molecular weight excluding hydrogens is 240 g/mol. The lowest BCUT2D eigenvalue weighted by atomic mass is 10.2. The Balaban J connectivity index is 1.83. The average molecular weight is 256 g/mol. The van der Waals surface area contributed by atoms with Gasteiger partial charge in [-0.3, -0.25) is 0 Å². The molecule has 19 heavy (non-hydrogen) atoms. The van der Waals surface area contributed by atoms with Gasteiger partial charge in [0.25, 0.3) is 0 Å². The zero-order valence-corrected chi connectivity index (χ0v) is 10.8. The normalized spacial score (nSPS) is 11.6. The number of esters is 1. The first-order valence-corrected chi connectivity index (χ1v) is 6.18. The van der Waals surface area contributed by atoms with Crippen molar-refractivity contribution in [3.63, 3.8) is 0 Å². The topological polar surface area (TPSA) is 35.5 Å². The summed E-state index contributed by atoms with van der Waals surface area (Å²) in [6.45, 7) is 1.95. The molecule has 1 atom stereocenters. The minimum Gasteiger partial charge on any atom is -0.479 e. The Bertz CT molecular complexity index is 508. The standard InChI is InChI=1S/C16H16O3/c1-13(19-15-10-6-3-7-11-15)16(17)18-12-14-8-4-2-5-9-14/h2-11,13H,12H2,1H3. The Morgan fingerprint density at radius 3 is 2.21 bits per heavy atom. The van der Waals surface area contributed by atoms with Gasteiger partial charge in [-0.15, -0.1) is 0 Å². The third-order valence-electron chi connectivity index (χ3n) is 2.61. The van der Waals surface area contributed by atoms with Crippen molar-refractivity contribution < 1.29 is 14.3 Å². The highest BCUT2D eigenvalue weighted by Gasteiger charge is 2.16. The van der Waals surface area contributed by atoms with Gasteiger partial charge in [-0.05, 0) is 24.6 Å². The first kappa shape index (κ1) is 13.1. The molecule has 0 heterocycles. The van der Waals surface area contributed by atoms with Crippen LogP contribution in [-0.4, -0.2) is 12.1 Å². The molecule has 2 aromatic rings. The van der Waals surface area contributed by atoms with Crippen molar-refractivity contribution in [2.75, 3.05) is 0 Å². The maximum absolute atomic E-state index is 11.8. The van der Waals surface area contributed by atoms with Gasteiger partial charge in [0.2, 0.25) is 0 Å². The summed E-state index contributed by atoms with van der Waals surface area (Å²) in [7, 11) is 0. The predicted molar refractivity (Wildman–Crippen MR) is 72.8 cm³/mol. The molecular formula is C16H16O3. The number of rotatable bonds is 5. The van der Waals surface area contributed by atoms with E-state index in [1.807, 2.05) is 48.5 Å².